The van der Waals surface area contributed by atoms with Crippen molar-refractivity contribution in [3.8, 4) is 5.75 Å². The van der Waals surface area contributed by atoms with E-state index in [1.165, 1.54) is 0 Å². The van der Waals surface area contributed by atoms with Gasteiger partial charge in [0.15, 0.2) is 0 Å². The van der Waals surface area contributed by atoms with Crippen LogP contribution in [0.2, 0.25) is 0 Å². The number of ether oxygens (including phenoxy) is 1. The number of carbonyl (C=O) groups is 1. The highest BCUT2D eigenvalue weighted by Crippen LogP contribution is 2.33. The van der Waals surface area contributed by atoms with Crippen LogP contribution in [0.3, 0.4) is 0 Å². The van der Waals surface area contributed by atoms with Crippen LogP contribution >= 0.6 is 0 Å². The van der Waals surface area contributed by atoms with Gasteiger partial charge in [-0.2, -0.15) is 0 Å². The highest BCUT2D eigenvalue weighted by Gasteiger charge is 2.30. The van der Waals surface area contributed by atoms with Gasteiger partial charge in [0.1, 0.15) is 17.8 Å². The Bertz CT molecular complexity index is 888. The second-order valence-electron chi connectivity index (χ2n) is 6.25. The Morgan fingerprint density at radius 3 is 2.80 bits per heavy atom. The molecule has 2 aromatic carbocycles. The van der Waals surface area contributed by atoms with Gasteiger partial charge < -0.3 is 9.64 Å². The van der Waals surface area contributed by atoms with Gasteiger partial charge >= 0.3 is 0 Å². The standard InChI is InChI=1S/C19H20N4O2/c1-25-15-10-8-14(9-11-15)17-7-4-12-22(17)19(24)13-23-18-6-3-2-5-16(18)20-21-23/h2-3,5-6,8-11,17H,4,7,12-13H2,1H3. The molecule has 3 aromatic rings. The molecule has 0 bridgehead atoms. The molecule has 1 aromatic heterocycles. The summed E-state index contributed by atoms with van der Waals surface area (Å²) in [7, 11) is 1.66. The van der Waals surface area contributed by atoms with Gasteiger partial charge in [-0.3, -0.25) is 4.79 Å². The molecule has 1 atom stereocenters. The first-order valence-electron chi connectivity index (χ1n) is 8.48. The molecular weight excluding hydrogens is 316 g/mol. The monoisotopic (exact) mass is 336 g/mol. The van der Waals surface area contributed by atoms with Crippen LogP contribution in [-0.4, -0.2) is 39.5 Å². The van der Waals surface area contributed by atoms with Crippen molar-refractivity contribution in [3.05, 3.63) is 54.1 Å². The van der Waals surface area contributed by atoms with Gasteiger partial charge in [-0.1, -0.05) is 29.5 Å². The second-order valence-corrected chi connectivity index (χ2v) is 6.25. The summed E-state index contributed by atoms with van der Waals surface area (Å²) in [5.41, 5.74) is 2.84. The van der Waals surface area contributed by atoms with Crippen LogP contribution in [0.5, 0.6) is 5.75 Å². The molecule has 1 fully saturated rings. The van der Waals surface area contributed by atoms with Crippen LogP contribution in [0.15, 0.2) is 48.5 Å². The fraction of sp³-hybridized carbons (Fsp3) is 0.316. The van der Waals surface area contributed by atoms with E-state index in [1.807, 2.05) is 53.4 Å². The Balaban J connectivity index is 1.54. The van der Waals surface area contributed by atoms with Crippen molar-refractivity contribution in [1.82, 2.24) is 19.9 Å². The lowest BCUT2D eigenvalue weighted by Crippen LogP contribution is -2.33. The van der Waals surface area contributed by atoms with Crippen LogP contribution in [0.1, 0.15) is 24.4 Å². The molecule has 0 radical (unpaired) electrons. The van der Waals surface area contributed by atoms with Gasteiger partial charge in [0.05, 0.1) is 18.7 Å². The van der Waals surface area contributed by atoms with Crippen molar-refractivity contribution in [3.63, 3.8) is 0 Å². The van der Waals surface area contributed by atoms with Crippen LogP contribution in [0.25, 0.3) is 11.0 Å². The minimum absolute atomic E-state index is 0.0778. The first kappa shape index (κ1) is 15.6. The molecule has 1 aliphatic rings. The third-order valence-electron chi connectivity index (χ3n) is 4.78. The molecule has 0 aliphatic carbocycles. The molecule has 0 saturated carbocycles. The molecule has 128 valence electrons. The number of amides is 1. The lowest BCUT2D eigenvalue weighted by atomic mass is 10.0. The molecule has 6 heteroatoms. The van der Waals surface area contributed by atoms with E-state index in [9.17, 15) is 4.79 Å². The first-order chi connectivity index (χ1) is 12.3. The Kier molecular flexibility index (Phi) is 4.09. The summed E-state index contributed by atoms with van der Waals surface area (Å²) in [6.45, 7) is 0.995. The average molecular weight is 336 g/mol. The summed E-state index contributed by atoms with van der Waals surface area (Å²) in [4.78, 5) is 14.8. The van der Waals surface area contributed by atoms with Gasteiger partial charge in [-0.05, 0) is 42.7 Å². The molecule has 1 saturated heterocycles. The SMILES string of the molecule is COc1ccc(C2CCCN2C(=O)Cn2nnc3ccccc32)cc1. The number of likely N-dealkylation sites (tertiary alicyclic amines) is 1. The third-order valence-corrected chi connectivity index (χ3v) is 4.78. The lowest BCUT2D eigenvalue weighted by Gasteiger charge is -2.25. The number of methoxy groups -OCH3 is 1. The van der Waals surface area contributed by atoms with E-state index >= 15 is 0 Å². The quantitative estimate of drug-likeness (QED) is 0.735. The topological polar surface area (TPSA) is 60.2 Å². The fourth-order valence-electron chi connectivity index (χ4n) is 3.49. The number of benzene rings is 2. The van der Waals surface area contributed by atoms with Gasteiger partial charge in [0, 0.05) is 6.54 Å². The molecule has 1 aliphatic heterocycles. The zero-order chi connectivity index (χ0) is 17.2. The van der Waals surface area contributed by atoms with Crippen molar-refractivity contribution in [2.75, 3.05) is 13.7 Å². The molecule has 0 spiro atoms. The van der Waals surface area contributed by atoms with Crippen LogP contribution < -0.4 is 4.74 Å². The zero-order valence-corrected chi connectivity index (χ0v) is 14.1. The predicted molar refractivity (Wildman–Crippen MR) is 94.2 cm³/mol. The molecule has 0 N–H and O–H groups in total. The number of nitrogens with zero attached hydrogens (tertiary/aromatic N) is 4. The van der Waals surface area contributed by atoms with E-state index in [-0.39, 0.29) is 18.5 Å². The lowest BCUT2D eigenvalue weighted by molar-refractivity contribution is -0.132. The van der Waals surface area contributed by atoms with E-state index in [0.29, 0.717) is 0 Å². The normalized spacial score (nSPS) is 17.2. The van der Waals surface area contributed by atoms with Crippen molar-refractivity contribution in [1.29, 1.82) is 0 Å². The number of hydrogen-bond donors (Lipinski definition) is 0. The number of rotatable bonds is 4. The van der Waals surface area contributed by atoms with Crippen molar-refractivity contribution in [2.24, 2.45) is 0 Å². The second kappa shape index (κ2) is 6.55. The number of aromatic nitrogens is 3. The van der Waals surface area contributed by atoms with Gasteiger partial charge in [-0.15, -0.1) is 5.10 Å². The van der Waals surface area contributed by atoms with Crippen molar-refractivity contribution < 1.29 is 9.53 Å². The summed E-state index contributed by atoms with van der Waals surface area (Å²) in [6.07, 6.45) is 2.00. The molecule has 2 heterocycles. The zero-order valence-electron chi connectivity index (χ0n) is 14.1. The predicted octanol–water partition coefficient (Wildman–Crippen LogP) is 2.80. The van der Waals surface area contributed by atoms with Crippen molar-refractivity contribution >= 4 is 16.9 Å². The Morgan fingerprint density at radius 2 is 2.00 bits per heavy atom. The number of para-hydroxylation sites is 1. The van der Waals surface area contributed by atoms with E-state index in [1.54, 1.807) is 11.8 Å². The summed E-state index contributed by atoms with van der Waals surface area (Å²) in [6, 6.07) is 15.8. The Labute approximate surface area is 146 Å². The van der Waals surface area contributed by atoms with Gasteiger partial charge in [0.2, 0.25) is 5.91 Å². The van der Waals surface area contributed by atoms with Crippen LogP contribution in [-0.2, 0) is 11.3 Å². The highest BCUT2D eigenvalue weighted by molar-refractivity contribution is 5.80. The summed E-state index contributed by atoms with van der Waals surface area (Å²) < 4.78 is 6.90. The maximum atomic E-state index is 12.9. The maximum absolute atomic E-state index is 12.9. The smallest absolute Gasteiger partial charge is 0.244 e. The van der Waals surface area contributed by atoms with E-state index in [2.05, 4.69) is 10.3 Å². The molecular formula is C19H20N4O2. The fourth-order valence-corrected chi connectivity index (χ4v) is 3.49. The van der Waals surface area contributed by atoms with E-state index in [4.69, 9.17) is 4.74 Å². The highest BCUT2D eigenvalue weighted by atomic mass is 16.5. The molecule has 4 rings (SSSR count). The minimum Gasteiger partial charge on any atom is -0.497 e. The molecule has 6 nitrogen and oxygen atoms in total. The van der Waals surface area contributed by atoms with Crippen LogP contribution in [0.4, 0.5) is 0 Å². The molecule has 1 amide bonds. The molecule has 25 heavy (non-hydrogen) atoms. The largest absolute Gasteiger partial charge is 0.497 e. The van der Waals surface area contributed by atoms with Gasteiger partial charge in [0.25, 0.3) is 0 Å². The van der Waals surface area contributed by atoms with Gasteiger partial charge in [-0.25, -0.2) is 4.68 Å². The number of carbonyl (C=O) groups excluding carboxylic acids is 1. The summed E-state index contributed by atoms with van der Waals surface area (Å²) in [5.74, 6) is 0.905. The number of hydrogen-bond acceptors (Lipinski definition) is 4. The first-order valence-corrected chi connectivity index (χ1v) is 8.48. The summed E-state index contributed by atoms with van der Waals surface area (Å²) >= 11 is 0. The minimum atomic E-state index is 0.0778. The van der Waals surface area contributed by atoms with E-state index < -0.39 is 0 Å². The van der Waals surface area contributed by atoms with E-state index in [0.717, 1.165) is 41.7 Å². The van der Waals surface area contributed by atoms with Crippen molar-refractivity contribution in [2.45, 2.75) is 25.4 Å². The van der Waals surface area contributed by atoms with Crippen LogP contribution in [0, 0.1) is 0 Å². The third kappa shape index (κ3) is 2.95. The summed E-state index contributed by atoms with van der Waals surface area (Å²) in [5, 5.41) is 8.25. The molecule has 1 unspecified atom stereocenters. The Morgan fingerprint density at radius 1 is 1.20 bits per heavy atom. The maximum Gasteiger partial charge on any atom is 0.244 e. The Hall–Kier alpha value is -2.89. The number of fused-ring (bicyclic) bond motifs is 1. The average Bonchev–Trinajstić information content (AvgIpc) is 3.29.